The van der Waals surface area contributed by atoms with Gasteiger partial charge in [0.1, 0.15) is 34.2 Å². The van der Waals surface area contributed by atoms with Crippen LogP contribution in [-0.2, 0) is 14.8 Å². The molecule has 0 radical (unpaired) electrons. The van der Waals surface area contributed by atoms with E-state index in [4.69, 9.17) is 14.2 Å². The van der Waals surface area contributed by atoms with Gasteiger partial charge in [-0.15, -0.1) is 10.2 Å². The molecule has 1 aromatic carbocycles. The monoisotopic (exact) mass is 532 g/mol. The third-order valence-electron chi connectivity index (χ3n) is 5.52. The average molecular weight is 533 g/mol. The van der Waals surface area contributed by atoms with Crippen molar-refractivity contribution in [3.05, 3.63) is 54.0 Å². The van der Waals surface area contributed by atoms with E-state index < -0.39 is 27.2 Å². The molecular formula is C22H25FN8O5S. The Balaban J connectivity index is 1.82. The second-order valence-electron chi connectivity index (χ2n) is 7.90. The Labute approximate surface area is 212 Å². The van der Waals surface area contributed by atoms with Crippen molar-refractivity contribution in [2.45, 2.75) is 25.2 Å². The van der Waals surface area contributed by atoms with Gasteiger partial charge in [-0.2, -0.15) is 5.10 Å². The molecule has 2 N–H and O–H groups in total. The first-order chi connectivity index (χ1) is 17.7. The number of halogens is 1. The molecule has 0 fully saturated rings. The van der Waals surface area contributed by atoms with E-state index in [1.54, 1.807) is 24.3 Å². The van der Waals surface area contributed by atoms with E-state index in [9.17, 15) is 12.8 Å². The lowest BCUT2D eigenvalue weighted by molar-refractivity contribution is 0.0948. The molecule has 15 heteroatoms. The van der Waals surface area contributed by atoms with Gasteiger partial charge in [-0.3, -0.25) is 14.4 Å². The maximum absolute atomic E-state index is 13.5. The fraction of sp³-hybridized carbons (Fsp3) is 0.318. The summed E-state index contributed by atoms with van der Waals surface area (Å²) < 4.78 is 60.7. The van der Waals surface area contributed by atoms with Crippen molar-refractivity contribution in [1.82, 2.24) is 34.9 Å². The molecule has 0 amide bonds. The summed E-state index contributed by atoms with van der Waals surface area (Å²) in [6.45, 7) is 3.22. The van der Waals surface area contributed by atoms with Crippen molar-refractivity contribution in [1.29, 1.82) is 0 Å². The third kappa shape index (κ3) is 5.08. The Hall–Kier alpha value is -4.11. The molecular weight excluding hydrogens is 507 g/mol. The van der Waals surface area contributed by atoms with E-state index in [1.807, 2.05) is 6.92 Å². The number of para-hydroxylation sites is 1. The molecule has 0 saturated carbocycles. The van der Waals surface area contributed by atoms with Gasteiger partial charge in [0.25, 0.3) is 0 Å². The first-order valence-electron chi connectivity index (χ1n) is 10.9. The molecule has 0 bridgehead atoms. The van der Waals surface area contributed by atoms with Gasteiger partial charge in [0, 0.05) is 12.8 Å². The number of rotatable bonds is 10. The van der Waals surface area contributed by atoms with Crippen molar-refractivity contribution >= 4 is 16.0 Å². The number of H-pyrrole nitrogens is 1. The average Bonchev–Trinajstić information content (AvgIpc) is 3.50. The lowest BCUT2D eigenvalue weighted by Crippen LogP contribution is -2.33. The van der Waals surface area contributed by atoms with Gasteiger partial charge < -0.3 is 14.2 Å². The molecule has 0 aliphatic rings. The van der Waals surface area contributed by atoms with Gasteiger partial charge in [0.2, 0.25) is 16.0 Å². The zero-order valence-electron chi connectivity index (χ0n) is 20.6. The summed E-state index contributed by atoms with van der Waals surface area (Å²) in [7, 11) is 0.0530. The summed E-state index contributed by atoms with van der Waals surface area (Å²) in [5.41, 5.74) is 1.52. The number of methoxy groups -OCH3 is 3. The van der Waals surface area contributed by atoms with Crippen LogP contribution in [0.5, 0.6) is 11.5 Å². The van der Waals surface area contributed by atoms with Crippen LogP contribution in [0.25, 0.3) is 17.2 Å². The van der Waals surface area contributed by atoms with E-state index >= 15 is 0 Å². The maximum atomic E-state index is 13.5. The zero-order chi connectivity index (χ0) is 26.7. The summed E-state index contributed by atoms with van der Waals surface area (Å²) in [6, 6.07) is 6.83. The van der Waals surface area contributed by atoms with E-state index in [0.717, 1.165) is 18.1 Å². The van der Waals surface area contributed by atoms with Gasteiger partial charge in [0.05, 0.1) is 26.6 Å². The summed E-state index contributed by atoms with van der Waals surface area (Å²) in [5, 5.41) is 14.2. The molecule has 0 aliphatic carbocycles. The molecule has 3 heterocycles. The van der Waals surface area contributed by atoms with Gasteiger partial charge in [-0.05, 0) is 32.0 Å². The number of hydrogen-bond donors (Lipinski definition) is 2. The highest BCUT2D eigenvalue weighted by atomic mass is 32.2. The van der Waals surface area contributed by atoms with Crippen LogP contribution >= 0.6 is 0 Å². The van der Waals surface area contributed by atoms with Gasteiger partial charge in [0.15, 0.2) is 17.5 Å². The van der Waals surface area contributed by atoms with Crippen LogP contribution in [0.1, 0.15) is 24.5 Å². The molecule has 37 heavy (non-hydrogen) atoms. The Morgan fingerprint density at radius 3 is 2.27 bits per heavy atom. The van der Waals surface area contributed by atoms with Crippen LogP contribution in [0, 0.1) is 12.7 Å². The van der Waals surface area contributed by atoms with Crippen molar-refractivity contribution in [3.8, 4) is 28.7 Å². The second kappa shape index (κ2) is 10.5. The molecule has 0 spiro atoms. The molecule has 2 atom stereocenters. The van der Waals surface area contributed by atoms with Crippen LogP contribution < -0.4 is 14.2 Å². The third-order valence-corrected chi connectivity index (χ3v) is 7.21. The molecule has 2 unspecified atom stereocenters. The van der Waals surface area contributed by atoms with Crippen LogP contribution in [-0.4, -0.2) is 69.9 Å². The van der Waals surface area contributed by atoms with Crippen molar-refractivity contribution < 1.29 is 27.0 Å². The standard InChI is InChI=1S/C22H25FN8O5S/c1-12-9-15(27-26-12)21-28-29-22(31(21)18-16(34-3)7-6-8-17(18)35-4)30-37(32,33)13(2)19(36-5)20-24-10-14(23)11-25-20/h6-11,13,19H,1-5H3,(H,26,27)(H,29,30). The number of sulfonamides is 1. The van der Waals surface area contributed by atoms with Crippen molar-refractivity contribution in [2.75, 3.05) is 26.1 Å². The highest BCUT2D eigenvalue weighted by molar-refractivity contribution is 7.93. The van der Waals surface area contributed by atoms with E-state index in [0.29, 0.717) is 22.9 Å². The predicted molar refractivity (Wildman–Crippen MR) is 131 cm³/mol. The summed E-state index contributed by atoms with van der Waals surface area (Å²) in [5.74, 6) is 0.156. The highest BCUT2D eigenvalue weighted by Crippen LogP contribution is 2.37. The Bertz CT molecular complexity index is 1470. The maximum Gasteiger partial charge on any atom is 0.243 e. The fourth-order valence-corrected chi connectivity index (χ4v) is 4.80. The molecule has 0 aliphatic heterocycles. The molecule has 196 valence electrons. The number of aromatic nitrogens is 7. The number of nitrogens with one attached hydrogen (secondary N) is 2. The largest absolute Gasteiger partial charge is 0.494 e. The summed E-state index contributed by atoms with van der Waals surface area (Å²) in [6.07, 6.45) is 0.761. The van der Waals surface area contributed by atoms with Gasteiger partial charge in [-0.25, -0.2) is 22.8 Å². The van der Waals surface area contributed by atoms with Crippen LogP contribution in [0.2, 0.25) is 0 Å². The normalized spacial score (nSPS) is 13.2. The van der Waals surface area contributed by atoms with E-state index in [1.165, 1.54) is 32.8 Å². The second-order valence-corrected chi connectivity index (χ2v) is 9.94. The SMILES string of the molecule is COc1cccc(OC)c1-n1c(NS(=O)(=O)C(C)C(OC)c2ncc(F)cn2)nnc1-c1cc(C)[nH]n1. The number of ether oxygens (including phenoxy) is 3. The van der Waals surface area contributed by atoms with Crippen LogP contribution in [0.15, 0.2) is 36.7 Å². The minimum absolute atomic E-state index is 0.00215. The number of hydrogen-bond acceptors (Lipinski definition) is 10. The Morgan fingerprint density at radius 2 is 1.73 bits per heavy atom. The molecule has 0 saturated heterocycles. The number of benzene rings is 1. The van der Waals surface area contributed by atoms with Gasteiger partial charge >= 0.3 is 0 Å². The first kappa shape index (κ1) is 26.0. The van der Waals surface area contributed by atoms with Crippen molar-refractivity contribution in [3.63, 3.8) is 0 Å². The van der Waals surface area contributed by atoms with E-state index in [2.05, 4.69) is 35.1 Å². The lowest BCUT2D eigenvalue weighted by Gasteiger charge is -2.22. The summed E-state index contributed by atoms with van der Waals surface area (Å²) >= 11 is 0. The Kier molecular flexibility index (Phi) is 7.35. The molecule has 4 aromatic rings. The fourth-order valence-electron chi connectivity index (χ4n) is 3.67. The molecule has 13 nitrogen and oxygen atoms in total. The zero-order valence-corrected chi connectivity index (χ0v) is 21.4. The number of nitrogens with zero attached hydrogens (tertiary/aromatic N) is 6. The molecule has 3 aromatic heterocycles. The first-order valence-corrected chi connectivity index (χ1v) is 12.5. The predicted octanol–water partition coefficient (Wildman–Crippen LogP) is 2.43. The topological polar surface area (TPSA) is 159 Å². The van der Waals surface area contributed by atoms with E-state index in [-0.39, 0.29) is 17.6 Å². The minimum Gasteiger partial charge on any atom is -0.494 e. The minimum atomic E-state index is -4.20. The Morgan fingerprint density at radius 1 is 1.08 bits per heavy atom. The molecule has 4 rings (SSSR count). The van der Waals surface area contributed by atoms with Crippen LogP contribution in [0.3, 0.4) is 0 Å². The highest BCUT2D eigenvalue weighted by Gasteiger charge is 2.35. The van der Waals surface area contributed by atoms with Crippen molar-refractivity contribution in [2.24, 2.45) is 0 Å². The smallest absolute Gasteiger partial charge is 0.243 e. The number of aromatic amines is 1. The number of anilines is 1. The van der Waals surface area contributed by atoms with Gasteiger partial charge in [-0.1, -0.05) is 6.07 Å². The quantitative estimate of drug-likeness (QED) is 0.311. The lowest BCUT2D eigenvalue weighted by atomic mass is 10.2. The van der Waals surface area contributed by atoms with Crippen LogP contribution in [0.4, 0.5) is 10.3 Å². The summed E-state index contributed by atoms with van der Waals surface area (Å²) in [4.78, 5) is 7.73. The number of aryl methyl sites for hydroxylation is 1.